The molecule has 28 heavy (non-hydrogen) atoms. The minimum Gasteiger partial charge on any atom is -0.421 e. The smallest absolute Gasteiger partial charge is 0.247 e. The highest BCUT2D eigenvalue weighted by molar-refractivity contribution is 5.94. The van der Waals surface area contributed by atoms with Gasteiger partial charge in [0.2, 0.25) is 23.6 Å². The zero-order valence-electron chi connectivity index (χ0n) is 15.3. The van der Waals surface area contributed by atoms with Gasteiger partial charge in [0.1, 0.15) is 5.82 Å². The third-order valence-corrected chi connectivity index (χ3v) is 3.97. The van der Waals surface area contributed by atoms with Gasteiger partial charge in [-0.1, -0.05) is 18.2 Å². The van der Waals surface area contributed by atoms with E-state index < -0.39 is 0 Å². The van der Waals surface area contributed by atoms with Crippen LogP contribution in [-0.2, 0) is 16.0 Å². The summed E-state index contributed by atoms with van der Waals surface area (Å²) in [7, 11) is 1.54. The van der Waals surface area contributed by atoms with Gasteiger partial charge >= 0.3 is 0 Å². The number of hydrogen-bond donors (Lipinski definition) is 1. The molecule has 7 nitrogen and oxygen atoms in total. The normalized spacial score (nSPS) is 10.5. The van der Waals surface area contributed by atoms with E-state index >= 15 is 0 Å². The Kier molecular flexibility index (Phi) is 6.11. The van der Waals surface area contributed by atoms with Crippen LogP contribution >= 0.6 is 0 Å². The molecule has 0 aliphatic carbocycles. The first kappa shape index (κ1) is 19.2. The summed E-state index contributed by atoms with van der Waals surface area (Å²) in [5.41, 5.74) is 1.27. The van der Waals surface area contributed by atoms with E-state index in [-0.39, 0.29) is 37.0 Å². The minimum absolute atomic E-state index is 0.116. The van der Waals surface area contributed by atoms with E-state index in [1.165, 1.54) is 36.2 Å². The van der Waals surface area contributed by atoms with Crippen molar-refractivity contribution in [1.29, 1.82) is 0 Å². The second-order valence-electron chi connectivity index (χ2n) is 6.17. The van der Waals surface area contributed by atoms with Crippen molar-refractivity contribution in [2.24, 2.45) is 0 Å². The highest BCUT2D eigenvalue weighted by atomic mass is 19.1. The molecule has 8 heteroatoms. The monoisotopic (exact) mass is 382 g/mol. The number of nitrogens with zero attached hydrogens (tertiary/aromatic N) is 3. The van der Waals surface area contributed by atoms with Crippen LogP contribution in [0.1, 0.15) is 12.3 Å². The molecule has 1 heterocycles. The maximum Gasteiger partial charge on any atom is 0.247 e. The largest absolute Gasteiger partial charge is 0.421 e. The molecule has 3 rings (SSSR count). The van der Waals surface area contributed by atoms with Crippen molar-refractivity contribution in [1.82, 2.24) is 15.1 Å². The number of carbonyl (C=O) groups excluding carboxylic acids is 2. The second kappa shape index (κ2) is 8.90. The minimum atomic E-state index is -0.387. The Morgan fingerprint density at radius 1 is 1.07 bits per heavy atom. The van der Waals surface area contributed by atoms with Crippen molar-refractivity contribution in [3.8, 4) is 11.5 Å². The zero-order chi connectivity index (χ0) is 19.9. The Morgan fingerprint density at radius 3 is 2.50 bits per heavy atom. The van der Waals surface area contributed by atoms with E-state index in [0.29, 0.717) is 17.5 Å². The first-order chi connectivity index (χ1) is 13.5. The number of anilines is 1. The van der Waals surface area contributed by atoms with Crippen LogP contribution in [0.2, 0.25) is 0 Å². The third-order valence-electron chi connectivity index (χ3n) is 3.97. The van der Waals surface area contributed by atoms with Gasteiger partial charge in [-0.2, -0.15) is 0 Å². The van der Waals surface area contributed by atoms with Crippen molar-refractivity contribution in [2.45, 2.75) is 12.8 Å². The van der Waals surface area contributed by atoms with E-state index in [0.717, 1.165) is 5.56 Å². The molecule has 0 aliphatic rings. The van der Waals surface area contributed by atoms with Gasteiger partial charge in [0, 0.05) is 31.1 Å². The maximum atomic E-state index is 12.9. The van der Waals surface area contributed by atoms with E-state index in [2.05, 4.69) is 15.5 Å². The van der Waals surface area contributed by atoms with E-state index in [1.54, 1.807) is 0 Å². The van der Waals surface area contributed by atoms with Crippen LogP contribution < -0.4 is 5.32 Å². The Balaban J connectivity index is 1.47. The summed E-state index contributed by atoms with van der Waals surface area (Å²) in [6, 6.07) is 14.7. The number of hydrogen-bond acceptors (Lipinski definition) is 5. The Morgan fingerprint density at radius 2 is 1.79 bits per heavy atom. The lowest BCUT2D eigenvalue weighted by molar-refractivity contribution is -0.133. The van der Waals surface area contributed by atoms with E-state index in [4.69, 9.17) is 4.42 Å². The highest BCUT2D eigenvalue weighted by Gasteiger charge is 2.15. The molecule has 0 bridgehead atoms. The van der Waals surface area contributed by atoms with Crippen LogP contribution in [0.25, 0.3) is 11.5 Å². The topological polar surface area (TPSA) is 88.3 Å². The molecule has 3 aromatic rings. The average Bonchev–Trinajstić information content (AvgIpc) is 3.17. The number of amides is 2. The molecule has 0 spiro atoms. The van der Waals surface area contributed by atoms with Gasteiger partial charge in [-0.25, -0.2) is 4.39 Å². The first-order valence-corrected chi connectivity index (χ1v) is 8.68. The summed E-state index contributed by atoms with van der Waals surface area (Å²) in [6.07, 6.45) is 0.416. The first-order valence-electron chi connectivity index (χ1n) is 8.68. The molecule has 2 aromatic carbocycles. The molecule has 144 valence electrons. The number of benzene rings is 2. The van der Waals surface area contributed by atoms with Crippen LogP contribution in [0.5, 0.6) is 0 Å². The Bertz CT molecular complexity index is 942. The second-order valence-corrected chi connectivity index (χ2v) is 6.17. The van der Waals surface area contributed by atoms with Gasteiger partial charge < -0.3 is 14.6 Å². The van der Waals surface area contributed by atoms with Crippen LogP contribution in [-0.4, -0.2) is 40.5 Å². The van der Waals surface area contributed by atoms with Crippen molar-refractivity contribution in [2.75, 3.05) is 18.9 Å². The van der Waals surface area contributed by atoms with Crippen LogP contribution in [0.4, 0.5) is 10.1 Å². The van der Waals surface area contributed by atoms with Crippen molar-refractivity contribution in [3.05, 3.63) is 66.3 Å². The summed E-state index contributed by atoms with van der Waals surface area (Å²) < 4.78 is 18.4. The van der Waals surface area contributed by atoms with Crippen LogP contribution in [0.15, 0.2) is 59.0 Å². The number of aryl methyl sites for hydroxylation is 1. The van der Waals surface area contributed by atoms with Crippen molar-refractivity contribution < 1.29 is 18.4 Å². The summed E-state index contributed by atoms with van der Waals surface area (Å²) in [6.45, 7) is -0.116. The van der Waals surface area contributed by atoms with Gasteiger partial charge in [0.05, 0.1) is 6.54 Å². The molecular formula is C20H19FN4O3. The molecule has 0 saturated carbocycles. The SMILES string of the molecule is CN(CC(=O)Nc1ccc(F)cc1)C(=O)CCc1nnc(-c2ccccc2)o1. The van der Waals surface area contributed by atoms with Gasteiger partial charge in [0.25, 0.3) is 0 Å². The summed E-state index contributed by atoms with van der Waals surface area (Å²) in [4.78, 5) is 25.6. The number of carbonyl (C=O) groups is 2. The number of likely N-dealkylation sites (N-methyl/N-ethyl adjacent to an activating group) is 1. The predicted molar refractivity (Wildman–Crippen MR) is 101 cm³/mol. The molecule has 0 unspecified atom stereocenters. The molecule has 0 aliphatic heterocycles. The number of aromatic nitrogens is 2. The van der Waals surface area contributed by atoms with Gasteiger partial charge in [-0.05, 0) is 36.4 Å². The lowest BCUT2D eigenvalue weighted by Gasteiger charge is -2.16. The number of nitrogens with one attached hydrogen (secondary N) is 1. The molecular weight excluding hydrogens is 363 g/mol. The molecule has 0 radical (unpaired) electrons. The maximum absolute atomic E-state index is 12.9. The van der Waals surface area contributed by atoms with Crippen molar-refractivity contribution >= 4 is 17.5 Å². The predicted octanol–water partition coefficient (Wildman–Crippen LogP) is 2.91. The fourth-order valence-electron chi connectivity index (χ4n) is 2.49. The van der Waals surface area contributed by atoms with Crippen molar-refractivity contribution in [3.63, 3.8) is 0 Å². The lowest BCUT2D eigenvalue weighted by Crippen LogP contribution is -2.35. The number of halogens is 1. The van der Waals surface area contributed by atoms with Gasteiger partial charge in [-0.3, -0.25) is 9.59 Å². The summed E-state index contributed by atoms with van der Waals surface area (Å²) in [5.74, 6) is -0.228. The quantitative estimate of drug-likeness (QED) is 0.679. The molecule has 0 atom stereocenters. The molecule has 0 fully saturated rings. The lowest BCUT2D eigenvalue weighted by atomic mass is 10.2. The fourth-order valence-corrected chi connectivity index (χ4v) is 2.49. The molecule has 1 aromatic heterocycles. The average molecular weight is 382 g/mol. The van der Waals surface area contributed by atoms with Gasteiger partial charge in [-0.15, -0.1) is 10.2 Å². The van der Waals surface area contributed by atoms with Crippen LogP contribution in [0.3, 0.4) is 0 Å². The standard InChI is InChI=1S/C20H19FN4O3/c1-25(13-17(26)22-16-9-7-15(21)8-10-16)19(27)12-11-18-23-24-20(28-18)14-5-3-2-4-6-14/h2-10H,11-13H2,1H3,(H,22,26). The van der Waals surface area contributed by atoms with Crippen LogP contribution in [0, 0.1) is 5.82 Å². The molecule has 2 amide bonds. The van der Waals surface area contributed by atoms with Gasteiger partial charge in [0.15, 0.2) is 0 Å². The third kappa shape index (κ3) is 5.23. The zero-order valence-corrected chi connectivity index (χ0v) is 15.3. The summed E-state index contributed by atoms with van der Waals surface area (Å²) >= 11 is 0. The fraction of sp³-hybridized carbons (Fsp3) is 0.200. The molecule has 1 N–H and O–H groups in total. The summed E-state index contributed by atoms with van der Waals surface area (Å²) in [5, 5.41) is 10.5. The highest BCUT2D eigenvalue weighted by Crippen LogP contribution is 2.17. The van der Waals surface area contributed by atoms with E-state index in [9.17, 15) is 14.0 Å². The van der Waals surface area contributed by atoms with E-state index in [1.807, 2.05) is 30.3 Å². The Hall–Kier alpha value is -3.55. The molecule has 0 saturated heterocycles. The Labute approximate surface area is 161 Å². The number of rotatable bonds is 7.